The minimum atomic E-state index is -1.56. The molecule has 0 aliphatic carbocycles. The number of carboxylic acid groups (broad SMARTS) is 1. The molecule has 13 nitrogen and oxygen atoms in total. The summed E-state index contributed by atoms with van der Waals surface area (Å²) in [5.74, 6) is -4.95. The Morgan fingerprint density at radius 2 is 1.58 bits per heavy atom. The number of carbonyl (C=O) groups excluding carboxylic acids is 4. The molecule has 13 heteroatoms. The quantitative estimate of drug-likeness (QED) is 0.160. The normalized spacial score (nSPS) is 13.4. The third-order valence-electron chi connectivity index (χ3n) is 4.01. The van der Waals surface area contributed by atoms with Crippen LogP contribution in [0.3, 0.4) is 0 Å². The number of carbonyl (C=O) groups is 5. The number of amides is 4. The number of phenolic OH excluding ortho intramolecular Hbond substituents is 1. The van der Waals surface area contributed by atoms with Gasteiger partial charge in [-0.25, -0.2) is 4.79 Å². The Labute approximate surface area is 176 Å². The zero-order valence-corrected chi connectivity index (χ0v) is 16.4. The molecule has 0 heterocycles. The van der Waals surface area contributed by atoms with Crippen LogP contribution in [0.25, 0.3) is 0 Å². The van der Waals surface area contributed by atoms with Gasteiger partial charge in [-0.05, 0) is 24.1 Å². The summed E-state index contributed by atoms with van der Waals surface area (Å²) in [6, 6.07) is 1.96. The number of nitrogens with one attached hydrogen (secondary N) is 3. The van der Waals surface area contributed by atoms with Gasteiger partial charge in [0.2, 0.25) is 23.6 Å². The van der Waals surface area contributed by atoms with Crippen molar-refractivity contribution >= 4 is 29.6 Å². The van der Waals surface area contributed by atoms with Gasteiger partial charge >= 0.3 is 5.97 Å². The molecule has 0 fully saturated rings. The number of phenols is 1. The first-order valence-electron chi connectivity index (χ1n) is 9.06. The largest absolute Gasteiger partial charge is 0.508 e. The molecule has 0 aromatic heterocycles. The molecule has 1 aromatic rings. The summed E-state index contributed by atoms with van der Waals surface area (Å²) in [5.41, 5.74) is 11.3. The van der Waals surface area contributed by atoms with Crippen LogP contribution in [-0.4, -0.2) is 76.2 Å². The van der Waals surface area contributed by atoms with Crippen molar-refractivity contribution in [2.24, 2.45) is 11.5 Å². The number of aliphatic hydroxyl groups excluding tert-OH is 1. The number of rotatable bonds is 12. The van der Waals surface area contributed by atoms with Gasteiger partial charge in [-0.2, -0.15) is 0 Å². The fraction of sp³-hybridized carbons (Fsp3) is 0.389. The van der Waals surface area contributed by atoms with Gasteiger partial charge in [0, 0.05) is 0 Å². The van der Waals surface area contributed by atoms with E-state index in [2.05, 4.69) is 10.6 Å². The van der Waals surface area contributed by atoms with E-state index in [0.29, 0.717) is 5.56 Å². The van der Waals surface area contributed by atoms with Crippen molar-refractivity contribution in [2.45, 2.75) is 31.0 Å². The van der Waals surface area contributed by atoms with Gasteiger partial charge in [-0.1, -0.05) is 12.1 Å². The molecule has 4 amide bonds. The first-order chi connectivity index (χ1) is 14.5. The number of carboxylic acids is 1. The Kier molecular flexibility index (Phi) is 9.88. The van der Waals surface area contributed by atoms with E-state index in [1.807, 2.05) is 5.32 Å². The van der Waals surface area contributed by atoms with Gasteiger partial charge in [-0.3, -0.25) is 19.2 Å². The molecular formula is C18H25N5O8. The Balaban J connectivity index is 2.55. The van der Waals surface area contributed by atoms with E-state index in [1.165, 1.54) is 12.1 Å². The molecule has 0 aliphatic heterocycles. The number of aromatic hydroxyl groups is 1. The van der Waals surface area contributed by atoms with Crippen molar-refractivity contribution in [3.63, 3.8) is 0 Å². The van der Waals surface area contributed by atoms with Gasteiger partial charge in [0.25, 0.3) is 0 Å². The molecule has 0 saturated heterocycles. The van der Waals surface area contributed by atoms with E-state index in [4.69, 9.17) is 16.6 Å². The topological polar surface area (TPSA) is 234 Å². The highest BCUT2D eigenvalue weighted by molar-refractivity contribution is 5.93. The van der Waals surface area contributed by atoms with Gasteiger partial charge in [0.05, 0.1) is 25.6 Å². The van der Waals surface area contributed by atoms with Crippen LogP contribution in [0, 0.1) is 0 Å². The summed E-state index contributed by atoms with van der Waals surface area (Å²) in [7, 11) is 0. The maximum atomic E-state index is 12.2. The number of hydrogen-bond donors (Lipinski definition) is 8. The van der Waals surface area contributed by atoms with E-state index >= 15 is 0 Å². The van der Waals surface area contributed by atoms with Crippen molar-refractivity contribution in [2.75, 3.05) is 13.2 Å². The molecule has 0 bridgehead atoms. The Hall–Kier alpha value is -3.71. The second kappa shape index (κ2) is 12.1. The molecule has 0 saturated carbocycles. The van der Waals surface area contributed by atoms with Crippen molar-refractivity contribution in [1.82, 2.24) is 16.0 Å². The summed E-state index contributed by atoms with van der Waals surface area (Å²) in [5, 5.41) is 33.9. The predicted octanol–water partition coefficient (Wildman–Crippen LogP) is -3.70. The summed E-state index contributed by atoms with van der Waals surface area (Å²) in [6.45, 7) is -1.46. The van der Waals surface area contributed by atoms with Gasteiger partial charge in [0.1, 0.15) is 17.8 Å². The maximum absolute atomic E-state index is 12.2. The lowest BCUT2D eigenvalue weighted by molar-refractivity contribution is -0.143. The van der Waals surface area contributed by atoms with Crippen LogP contribution in [0.5, 0.6) is 5.75 Å². The highest BCUT2D eigenvalue weighted by atomic mass is 16.4. The molecule has 3 unspecified atom stereocenters. The molecule has 3 atom stereocenters. The number of primary amides is 1. The minimum absolute atomic E-state index is 0.0483. The molecule has 31 heavy (non-hydrogen) atoms. The Morgan fingerprint density at radius 1 is 0.968 bits per heavy atom. The molecule has 0 aliphatic rings. The monoisotopic (exact) mass is 439 g/mol. The number of aliphatic carboxylic acids is 1. The molecule has 0 radical (unpaired) electrons. The molecular weight excluding hydrogens is 414 g/mol. The van der Waals surface area contributed by atoms with Crippen molar-refractivity contribution < 1.29 is 39.3 Å². The summed E-state index contributed by atoms with van der Waals surface area (Å²) in [6.07, 6.45) is -0.534. The van der Waals surface area contributed by atoms with E-state index < -0.39 is 67.3 Å². The standard InChI is InChI=1S/C18H25N5O8/c19-11(5-9-1-3-10(25)4-2-9)16(28)23-13(8-24)17(29)21-7-15(27)22-12(18(30)31)6-14(20)26/h1-4,11-13,24-25H,5-8,19H2,(H2,20,26)(H,21,29)(H,22,27)(H,23,28)(H,30,31). The van der Waals surface area contributed by atoms with Crippen LogP contribution in [-0.2, 0) is 30.4 Å². The molecule has 0 spiro atoms. The fourth-order valence-electron chi connectivity index (χ4n) is 2.39. The van der Waals surface area contributed by atoms with Crippen LogP contribution in [0.15, 0.2) is 24.3 Å². The number of benzene rings is 1. The molecule has 170 valence electrons. The predicted molar refractivity (Wildman–Crippen MR) is 105 cm³/mol. The third kappa shape index (κ3) is 9.10. The smallest absolute Gasteiger partial charge is 0.326 e. The van der Waals surface area contributed by atoms with Crippen LogP contribution in [0.4, 0.5) is 0 Å². The minimum Gasteiger partial charge on any atom is -0.508 e. The first-order valence-corrected chi connectivity index (χ1v) is 9.06. The van der Waals surface area contributed by atoms with Crippen LogP contribution >= 0.6 is 0 Å². The van der Waals surface area contributed by atoms with Crippen molar-refractivity contribution in [3.05, 3.63) is 29.8 Å². The van der Waals surface area contributed by atoms with E-state index in [1.54, 1.807) is 12.1 Å². The number of nitrogens with two attached hydrogens (primary N) is 2. The van der Waals surface area contributed by atoms with Crippen LogP contribution in [0.1, 0.15) is 12.0 Å². The average Bonchev–Trinajstić information content (AvgIpc) is 2.70. The Morgan fingerprint density at radius 3 is 2.10 bits per heavy atom. The fourth-order valence-corrected chi connectivity index (χ4v) is 2.39. The second-order valence-corrected chi connectivity index (χ2v) is 6.57. The highest BCUT2D eigenvalue weighted by Gasteiger charge is 2.25. The van der Waals surface area contributed by atoms with Crippen molar-refractivity contribution in [1.29, 1.82) is 0 Å². The summed E-state index contributed by atoms with van der Waals surface area (Å²) in [4.78, 5) is 57.9. The lowest BCUT2D eigenvalue weighted by Gasteiger charge is -2.19. The first kappa shape index (κ1) is 25.3. The molecule has 1 rings (SSSR count). The highest BCUT2D eigenvalue weighted by Crippen LogP contribution is 2.10. The van der Waals surface area contributed by atoms with E-state index in [0.717, 1.165) is 0 Å². The SMILES string of the molecule is NC(=O)CC(NC(=O)CNC(=O)C(CO)NC(=O)C(N)Cc1ccc(O)cc1)C(=O)O. The summed E-state index contributed by atoms with van der Waals surface area (Å²) >= 11 is 0. The van der Waals surface area contributed by atoms with Gasteiger partial charge in [0.15, 0.2) is 0 Å². The maximum Gasteiger partial charge on any atom is 0.326 e. The van der Waals surface area contributed by atoms with Gasteiger partial charge in [-0.15, -0.1) is 0 Å². The van der Waals surface area contributed by atoms with Crippen molar-refractivity contribution in [3.8, 4) is 5.75 Å². The molecule has 1 aromatic carbocycles. The van der Waals surface area contributed by atoms with E-state index in [9.17, 15) is 34.2 Å². The molecule has 10 N–H and O–H groups in total. The van der Waals surface area contributed by atoms with Crippen LogP contribution in [0.2, 0.25) is 0 Å². The van der Waals surface area contributed by atoms with Crippen LogP contribution < -0.4 is 27.4 Å². The summed E-state index contributed by atoms with van der Waals surface area (Å²) < 4.78 is 0. The lowest BCUT2D eigenvalue weighted by atomic mass is 10.1. The zero-order valence-electron chi connectivity index (χ0n) is 16.4. The van der Waals surface area contributed by atoms with Gasteiger partial charge < -0.3 is 42.7 Å². The second-order valence-electron chi connectivity index (χ2n) is 6.57. The average molecular weight is 439 g/mol. The lowest BCUT2D eigenvalue weighted by Crippen LogP contribution is -2.55. The number of hydrogen-bond acceptors (Lipinski definition) is 8. The van der Waals surface area contributed by atoms with E-state index in [-0.39, 0.29) is 12.2 Å². The number of aliphatic hydroxyl groups is 1. The zero-order chi connectivity index (χ0) is 23.6. The Bertz CT molecular complexity index is 814. The third-order valence-corrected chi connectivity index (χ3v) is 4.01.